The second-order valence-electron chi connectivity index (χ2n) is 7.52. The van der Waals surface area contributed by atoms with Crippen molar-refractivity contribution in [2.24, 2.45) is 0 Å². The molecule has 0 heterocycles. The summed E-state index contributed by atoms with van der Waals surface area (Å²) in [7, 11) is 0. The van der Waals surface area contributed by atoms with Crippen molar-refractivity contribution in [3.8, 4) is 0 Å². The average molecular weight is 384 g/mol. The molecule has 2 rings (SSSR count). The van der Waals surface area contributed by atoms with E-state index in [-0.39, 0.29) is 18.5 Å². The van der Waals surface area contributed by atoms with Gasteiger partial charge < -0.3 is 9.84 Å². The summed E-state index contributed by atoms with van der Waals surface area (Å²) in [4.78, 5) is 14.0. The zero-order chi connectivity index (χ0) is 20.2. The lowest BCUT2D eigenvalue weighted by atomic mass is 10.1. The van der Waals surface area contributed by atoms with Crippen LogP contribution < -0.4 is 0 Å². The lowest BCUT2D eigenvalue weighted by Crippen LogP contribution is -2.29. The number of esters is 1. The molecule has 152 valence electrons. The Morgan fingerprint density at radius 2 is 1.54 bits per heavy atom. The first kappa shape index (κ1) is 22.1. The molecule has 0 fully saturated rings. The zero-order valence-electron chi connectivity index (χ0n) is 17.1. The fraction of sp³-hybridized carbons (Fsp3) is 0.458. The van der Waals surface area contributed by atoms with E-state index in [9.17, 15) is 9.90 Å². The van der Waals surface area contributed by atoms with Crippen LogP contribution in [0.5, 0.6) is 0 Å². The maximum absolute atomic E-state index is 11.7. The van der Waals surface area contributed by atoms with Crippen LogP contribution >= 0.6 is 0 Å². The molecular formula is C24H33NO3. The van der Waals surface area contributed by atoms with E-state index in [1.807, 2.05) is 26.0 Å². The summed E-state index contributed by atoms with van der Waals surface area (Å²) in [6.07, 6.45) is 1.74. The molecule has 0 aliphatic heterocycles. The second-order valence-corrected chi connectivity index (χ2v) is 7.52. The van der Waals surface area contributed by atoms with Crippen LogP contribution in [0.1, 0.15) is 44.2 Å². The highest BCUT2D eigenvalue weighted by Gasteiger charge is 2.13. The largest absolute Gasteiger partial charge is 0.463 e. The molecule has 2 aromatic rings. The number of carbonyl (C=O) groups is 1. The van der Waals surface area contributed by atoms with Crippen LogP contribution in [0.15, 0.2) is 60.7 Å². The topological polar surface area (TPSA) is 49.8 Å². The van der Waals surface area contributed by atoms with E-state index in [1.165, 1.54) is 11.1 Å². The Morgan fingerprint density at radius 1 is 0.929 bits per heavy atom. The molecule has 0 aromatic heterocycles. The van der Waals surface area contributed by atoms with E-state index >= 15 is 0 Å². The van der Waals surface area contributed by atoms with Gasteiger partial charge in [0.25, 0.3) is 0 Å². The predicted octanol–water partition coefficient (Wildman–Crippen LogP) is 4.21. The number of benzene rings is 2. The quantitative estimate of drug-likeness (QED) is 0.558. The van der Waals surface area contributed by atoms with Gasteiger partial charge in [0.05, 0.1) is 12.2 Å². The van der Waals surface area contributed by atoms with Gasteiger partial charge in [0.1, 0.15) is 0 Å². The third-order valence-electron chi connectivity index (χ3n) is 4.64. The van der Waals surface area contributed by atoms with E-state index in [0.717, 1.165) is 26.1 Å². The maximum Gasteiger partial charge on any atom is 0.306 e. The van der Waals surface area contributed by atoms with Crippen molar-refractivity contribution >= 4 is 5.97 Å². The molecule has 28 heavy (non-hydrogen) atoms. The lowest BCUT2D eigenvalue weighted by Gasteiger charge is -2.24. The highest BCUT2D eigenvalue weighted by atomic mass is 16.5. The van der Waals surface area contributed by atoms with Crippen molar-refractivity contribution < 1.29 is 14.6 Å². The van der Waals surface area contributed by atoms with Gasteiger partial charge in [-0.2, -0.15) is 0 Å². The second kappa shape index (κ2) is 12.3. The monoisotopic (exact) mass is 383 g/mol. The van der Waals surface area contributed by atoms with Gasteiger partial charge in [0.15, 0.2) is 0 Å². The standard InChI is InChI=1S/C24H33NO3/c1-20(2)28-24(27)14-13-23(26)16-18-25(19-22-11-7-4-8-12-22)17-15-21-9-5-3-6-10-21/h3-12,20,23,26H,13-19H2,1-2H3. The lowest BCUT2D eigenvalue weighted by molar-refractivity contribution is -0.148. The Balaban J connectivity index is 1.83. The Kier molecular flexibility index (Phi) is 9.73. The Labute approximate surface area is 169 Å². The molecule has 1 N–H and O–H groups in total. The van der Waals surface area contributed by atoms with Gasteiger partial charge in [-0.15, -0.1) is 0 Å². The minimum absolute atomic E-state index is 0.107. The number of rotatable bonds is 12. The van der Waals surface area contributed by atoms with E-state index in [1.54, 1.807) is 0 Å². The van der Waals surface area contributed by atoms with Crippen molar-refractivity contribution in [1.29, 1.82) is 0 Å². The van der Waals surface area contributed by atoms with Gasteiger partial charge in [-0.05, 0) is 44.2 Å². The van der Waals surface area contributed by atoms with Crippen LogP contribution in [-0.4, -0.2) is 41.3 Å². The third kappa shape index (κ3) is 9.16. The molecule has 4 nitrogen and oxygen atoms in total. The molecule has 1 atom stereocenters. The summed E-state index contributed by atoms with van der Waals surface area (Å²) in [6, 6.07) is 20.9. The van der Waals surface area contributed by atoms with Crippen LogP contribution in [-0.2, 0) is 22.5 Å². The highest BCUT2D eigenvalue weighted by molar-refractivity contribution is 5.69. The first-order chi connectivity index (χ1) is 13.5. The number of hydrogen-bond donors (Lipinski definition) is 1. The Hall–Kier alpha value is -2.17. The molecular weight excluding hydrogens is 350 g/mol. The SMILES string of the molecule is CC(C)OC(=O)CCC(O)CCN(CCc1ccccc1)Cc1ccccc1. The summed E-state index contributed by atoms with van der Waals surface area (Å²) in [6.45, 7) is 6.25. The van der Waals surface area contributed by atoms with Crippen LogP contribution in [0.3, 0.4) is 0 Å². The van der Waals surface area contributed by atoms with Gasteiger partial charge in [-0.3, -0.25) is 9.69 Å². The fourth-order valence-corrected chi connectivity index (χ4v) is 3.13. The van der Waals surface area contributed by atoms with E-state index in [2.05, 4.69) is 53.4 Å². The van der Waals surface area contributed by atoms with E-state index in [0.29, 0.717) is 12.8 Å². The molecule has 0 saturated carbocycles. The summed E-state index contributed by atoms with van der Waals surface area (Å²) >= 11 is 0. The zero-order valence-corrected chi connectivity index (χ0v) is 17.1. The number of nitrogens with zero attached hydrogens (tertiary/aromatic N) is 1. The van der Waals surface area contributed by atoms with Gasteiger partial charge >= 0.3 is 5.97 Å². The number of aliphatic hydroxyl groups excluding tert-OH is 1. The number of ether oxygens (including phenoxy) is 1. The van der Waals surface area contributed by atoms with Crippen LogP contribution in [0.4, 0.5) is 0 Å². The summed E-state index contributed by atoms with van der Waals surface area (Å²) in [5.74, 6) is -0.237. The number of aliphatic hydroxyl groups is 1. The van der Waals surface area contributed by atoms with Crippen molar-refractivity contribution in [2.45, 2.75) is 58.3 Å². The Morgan fingerprint density at radius 3 is 2.14 bits per heavy atom. The fourth-order valence-electron chi connectivity index (χ4n) is 3.13. The number of carbonyl (C=O) groups excluding carboxylic acids is 1. The van der Waals surface area contributed by atoms with Crippen LogP contribution in [0.25, 0.3) is 0 Å². The number of hydrogen-bond acceptors (Lipinski definition) is 4. The van der Waals surface area contributed by atoms with Crippen molar-refractivity contribution in [1.82, 2.24) is 4.90 Å². The molecule has 0 radical (unpaired) electrons. The van der Waals surface area contributed by atoms with Crippen LogP contribution in [0.2, 0.25) is 0 Å². The first-order valence-corrected chi connectivity index (χ1v) is 10.2. The average Bonchev–Trinajstić information content (AvgIpc) is 2.69. The highest BCUT2D eigenvalue weighted by Crippen LogP contribution is 2.11. The predicted molar refractivity (Wildman–Crippen MR) is 113 cm³/mol. The van der Waals surface area contributed by atoms with Gasteiger partial charge in [-0.25, -0.2) is 0 Å². The van der Waals surface area contributed by atoms with Crippen molar-refractivity contribution in [2.75, 3.05) is 13.1 Å². The summed E-state index contributed by atoms with van der Waals surface area (Å²) < 4.78 is 5.13. The molecule has 0 amide bonds. The maximum atomic E-state index is 11.7. The molecule has 0 spiro atoms. The van der Waals surface area contributed by atoms with Gasteiger partial charge in [0, 0.05) is 26.1 Å². The van der Waals surface area contributed by atoms with Gasteiger partial charge in [-0.1, -0.05) is 60.7 Å². The minimum Gasteiger partial charge on any atom is -0.463 e. The summed E-state index contributed by atoms with van der Waals surface area (Å²) in [5.41, 5.74) is 2.59. The van der Waals surface area contributed by atoms with Crippen molar-refractivity contribution in [3.63, 3.8) is 0 Å². The summed E-state index contributed by atoms with van der Waals surface area (Å²) in [5, 5.41) is 10.3. The smallest absolute Gasteiger partial charge is 0.306 e. The molecule has 1 unspecified atom stereocenters. The minimum atomic E-state index is -0.491. The third-order valence-corrected chi connectivity index (χ3v) is 4.64. The molecule has 2 aromatic carbocycles. The van der Waals surface area contributed by atoms with E-state index < -0.39 is 6.10 Å². The van der Waals surface area contributed by atoms with Crippen molar-refractivity contribution in [3.05, 3.63) is 71.8 Å². The molecule has 0 saturated heterocycles. The molecule has 0 bridgehead atoms. The van der Waals surface area contributed by atoms with E-state index in [4.69, 9.17) is 4.74 Å². The molecule has 0 aliphatic rings. The molecule has 0 aliphatic carbocycles. The molecule has 4 heteroatoms. The van der Waals surface area contributed by atoms with Gasteiger partial charge in [0.2, 0.25) is 0 Å². The Bertz CT molecular complexity index is 673. The van der Waals surface area contributed by atoms with Crippen LogP contribution in [0, 0.1) is 0 Å². The normalized spacial score (nSPS) is 12.3. The first-order valence-electron chi connectivity index (χ1n) is 10.2.